The molecule has 0 aliphatic carbocycles. The minimum atomic E-state index is -0.0923. The van der Waals surface area contributed by atoms with Gasteiger partial charge >= 0.3 is 0 Å². The molecule has 0 bridgehead atoms. The summed E-state index contributed by atoms with van der Waals surface area (Å²) in [6, 6.07) is 18.0. The lowest BCUT2D eigenvalue weighted by Gasteiger charge is -2.12. The number of nitrogens with zero attached hydrogens (tertiary/aromatic N) is 2. The molecule has 4 nitrogen and oxygen atoms in total. The van der Waals surface area contributed by atoms with Crippen LogP contribution in [0.1, 0.15) is 41.9 Å². The van der Waals surface area contributed by atoms with E-state index in [-0.39, 0.29) is 5.91 Å². The third-order valence-corrected chi connectivity index (χ3v) is 4.60. The van der Waals surface area contributed by atoms with Crippen LogP contribution in [0.3, 0.4) is 0 Å². The van der Waals surface area contributed by atoms with Crippen molar-refractivity contribution >= 4 is 5.91 Å². The molecule has 0 atom stereocenters. The highest BCUT2D eigenvalue weighted by atomic mass is 16.2. The van der Waals surface area contributed by atoms with Crippen LogP contribution in [0.25, 0.3) is 16.9 Å². The van der Waals surface area contributed by atoms with Crippen LogP contribution in [0.5, 0.6) is 0 Å². The quantitative estimate of drug-likeness (QED) is 0.676. The SMILES string of the molecule is Cc1ccc(-n2nc(-c3ccccc3)cc2C(=O)NCCC(C)C)c(C)c1. The molecular formula is C23H27N3O. The van der Waals surface area contributed by atoms with Crippen molar-refractivity contribution < 1.29 is 4.79 Å². The van der Waals surface area contributed by atoms with E-state index in [9.17, 15) is 4.79 Å². The summed E-state index contributed by atoms with van der Waals surface area (Å²) in [5, 5.41) is 7.80. The summed E-state index contributed by atoms with van der Waals surface area (Å²) in [6.07, 6.45) is 0.953. The number of carbonyl (C=O) groups is 1. The number of hydrogen-bond donors (Lipinski definition) is 1. The highest BCUT2D eigenvalue weighted by molar-refractivity contribution is 5.94. The second kappa shape index (κ2) is 8.21. The van der Waals surface area contributed by atoms with E-state index in [1.165, 1.54) is 5.56 Å². The van der Waals surface area contributed by atoms with Crippen molar-refractivity contribution in [3.05, 3.63) is 71.4 Å². The average molecular weight is 361 g/mol. The van der Waals surface area contributed by atoms with Crippen LogP contribution in [0.2, 0.25) is 0 Å². The summed E-state index contributed by atoms with van der Waals surface area (Å²) in [6.45, 7) is 9.08. The van der Waals surface area contributed by atoms with Crippen molar-refractivity contribution in [2.45, 2.75) is 34.1 Å². The lowest BCUT2D eigenvalue weighted by molar-refractivity contribution is 0.0944. The number of aromatic nitrogens is 2. The molecular weight excluding hydrogens is 334 g/mol. The number of hydrogen-bond acceptors (Lipinski definition) is 2. The Bertz CT molecular complexity index is 926. The van der Waals surface area contributed by atoms with Gasteiger partial charge in [-0.25, -0.2) is 4.68 Å². The van der Waals surface area contributed by atoms with Gasteiger partial charge in [-0.2, -0.15) is 5.10 Å². The molecule has 0 saturated heterocycles. The molecule has 0 radical (unpaired) electrons. The average Bonchev–Trinajstić information content (AvgIpc) is 3.07. The molecule has 0 aliphatic rings. The van der Waals surface area contributed by atoms with E-state index in [1.807, 2.05) is 55.5 Å². The molecule has 27 heavy (non-hydrogen) atoms. The zero-order chi connectivity index (χ0) is 19.4. The first-order valence-corrected chi connectivity index (χ1v) is 9.47. The topological polar surface area (TPSA) is 46.9 Å². The van der Waals surface area contributed by atoms with Gasteiger partial charge in [0, 0.05) is 12.1 Å². The van der Waals surface area contributed by atoms with Crippen molar-refractivity contribution in [3.8, 4) is 16.9 Å². The number of aryl methyl sites for hydroxylation is 2. The molecule has 0 spiro atoms. The van der Waals surface area contributed by atoms with Crippen LogP contribution in [0.15, 0.2) is 54.6 Å². The number of nitrogens with one attached hydrogen (secondary N) is 1. The second-order valence-electron chi connectivity index (χ2n) is 7.42. The van der Waals surface area contributed by atoms with E-state index >= 15 is 0 Å². The van der Waals surface area contributed by atoms with Gasteiger partial charge in [-0.1, -0.05) is 61.9 Å². The summed E-state index contributed by atoms with van der Waals surface area (Å²) in [5.74, 6) is 0.458. The Hall–Kier alpha value is -2.88. The van der Waals surface area contributed by atoms with Crippen molar-refractivity contribution in [1.29, 1.82) is 0 Å². The summed E-state index contributed by atoms with van der Waals surface area (Å²) in [4.78, 5) is 12.9. The highest BCUT2D eigenvalue weighted by Gasteiger charge is 2.18. The molecule has 1 aromatic heterocycles. The maximum absolute atomic E-state index is 12.9. The molecule has 140 valence electrons. The Kier molecular flexibility index (Phi) is 5.75. The maximum atomic E-state index is 12.9. The molecule has 2 aromatic carbocycles. The van der Waals surface area contributed by atoms with Crippen molar-refractivity contribution in [2.24, 2.45) is 5.92 Å². The van der Waals surface area contributed by atoms with Gasteiger partial charge in [0.25, 0.3) is 5.91 Å². The van der Waals surface area contributed by atoms with Crippen molar-refractivity contribution in [3.63, 3.8) is 0 Å². The van der Waals surface area contributed by atoms with E-state index in [1.54, 1.807) is 4.68 Å². The monoisotopic (exact) mass is 361 g/mol. The Morgan fingerprint density at radius 2 is 1.81 bits per heavy atom. The van der Waals surface area contributed by atoms with Gasteiger partial charge in [0.05, 0.1) is 11.4 Å². The summed E-state index contributed by atoms with van der Waals surface area (Å²) in [5.41, 5.74) is 5.56. The Morgan fingerprint density at radius 1 is 1.07 bits per heavy atom. The van der Waals surface area contributed by atoms with E-state index in [4.69, 9.17) is 5.10 Å². The normalized spacial score (nSPS) is 11.0. The summed E-state index contributed by atoms with van der Waals surface area (Å²) >= 11 is 0. The first-order chi connectivity index (χ1) is 13.0. The third kappa shape index (κ3) is 4.45. The number of amides is 1. The van der Waals surface area contributed by atoms with E-state index in [2.05, 4.69) is 32.2 Å². The fourth-order valence-electron chi connectivity index (χ4n) is 3.08. The van der Waals surface area contributed by atoms with Crippen LogP contribution in [-0.4, -0.2) is 22.2 Å². The van der Waals surface area contributed by atoms with Crippen LogP contribution in [0, 0.1) is 19.8 Å². The van der Waals surface area contributed by atoms with E-state index < -0.39 is 0 Å². The summed E-state index contributed by atoms with van der Waals surface area (Å²) < 4.78 is 1.77. The van der Waals surface area contributed by atoms with Gasteiger partial charge in [0.15, 0.2) is 0 Å². The number of carbonyl (C=O) groups excluding carboxylic acids is 1. The molecule has 4 heteroatoms. The molecule has 1 amide bonds. The molecule has 0 saturated carbocycles. The lowest BCUT2D eigenvalue weighted by Crippen LogP contribution is -2.27. The predicted octanol–water partition coefficient (Wildman–Crippen LogP) is 4.93. The van der Waals surface area contributed by atoms with Gasteiger partial charge < -0.3 is 5.32 Å². The fourth-order valence-corrected chi connectivity index (χ4v) is 3.08. The molecule has 1 N–H and O–H groups in total. The molecule has 0 aliphatic heterocycles. The van der Waals surface area contributed by atoms with Crippen molar-refractivity contribution in [1.82, 2.24) is 15.1 Å². The zero-order valence-corrected chi connectivity index (χ0v) is 16.5. The minimum Gasteiger partial charge on any atom is -0.351 e. The second-order valence-corrected chi connectivity index (χ2v) is 7.42. The molecule has 3 rings (SSSR count). The van der Waals surface area contributed by atoms with Crippen LogP contribution < -0.4 is 5.32 Å². The fraction of sp³-hybridized carbons (Fsp3) is 0.304. The largest absolute Gasteiger partial charge is 0.351 e. The smallest absolute Gasteiger partial charge is 0.270 e. The molecule has 3 aromatic rings. The number of benzene rings is 2. The third-order valence-electron chi connectivity index (χ3n) is 4.60. The Balaban J connectivity index is 2.01. The first-order valence-electron chi connectivity index (χ1n) is 9.47. The first kappa shape index (κ1) is 18.9. The van der Waals surface area contributed by atoms with Gasteiger partial charge in [-0.05, 0) is 43.9 Å². The zero-order valence-electron chi connectivity index (χ0n) is 16.5. The molecule has 0 unspecified atom stereocenters. The van der Waals surface area contributed by atoms with Gasteiger partial charge in [-0.3, -0.25) is 4.79 Å². The predicted molar refractivity (Wildman–Crippen MR) is 110 cm³/mol. The van der Waals surface area contributed by atoms with E-state index in [0.29, 0.717) is 18.2 Å². The van der Waals surface area contributed by atoms with E-state index in [0.717, 1.165) is 28.9 Å². The Morgan fingerprint density at radius 3 is 2.48 bits per heavy atom. The van der Waals surface area contributed by atoms with Gasteiger partial charge in [0.1, 0.15) is 5.69 Å². The summed E-state index contributed by atoms with van der Waals surface area (Å²) in [7, 11) is 0. The van der Waals surface area contributed by atoms with Crippen LogP contribution in [0.4, 0.5) is 0 Å². The van der Waals surface area contributed by atoms with Crippen LogP contribution >= 0.6 is 0 Å². The van der Waals surface area contributed by atoms with Gasteiger partial charge in [0.2, 0.25) is 0 Å². The number of rotatable bonds is 6. The Labute approximate surface area is 161 Å². The van der Waals surface area contributed by atoms with Gasteiger partial charge in [-0.15, -0.1) is 0 Å². The molecule has 0 fully saturated rings. The molecule has 1 heterocycles. The van der Waals surface area contributed by atoms with Crippen LogP contribution in [-0.2, 0) is 0 Å². The standard InChI is InChI=1S/C23H27N3O/c1-16(2)12-13-24-23(27)22-15-20(19-8-6-5-7-9-19)25-26(22)21-11-10-17(3)14-18(21)4/h5-11,14-16H,12-13H2,1-4H3,(H,24,27). The highest BCUT2D eigenvalue weighted by Crippen LogP contribution is 2.23. The van der Waals surface area contributed by atoms with Crippen molar-refractivity contribution in [2.75, 3.05) is 6.54 Å². The minimum absolute atomic E-state index is 0.0923. The maximum Gasteiger partial charge on any atom is 0.270 e. The lowest BCUT2D eigenvalue weighted by atomic mass is 10.1.